The lowest BCUT2D eigenvalue weighted by atomic mass is 10.2. The Hall–Kier alpha value is -0.0900. The standard InChI is InChI=1S/C8H15BrN2O/c1-7-6-10-4-5-11(7)8(12)2-3-9/h7,10H,2-6H2,1H3. The maximum Gasteiger partial charge on any atom is 0.223 e. The fraction of sp³-hybridized carbons (Fsp3) is 0.875. The highest BCUT2D eigenvalue weighted by molar-refractivity contribution is 9.09. The summed E-state index contributed by atoms with van der Waals surface area (Å²) in [5.41, 5.74) is 0. The maximum atomic E-state index is 11.5. The van der Waals surface area contributed by atoms with Crippen LogP contribution in [0.1, 0.15) is 13.3 Å². The lowest BCUT2D eigenvalue weighted by Gasteiger charge is -2.33. The van der Waals surface area contributed by atoms with E-state index in [9.17, 15) is 4.79 Å². The molecule has 1 fully saturated rings. The monoisotopic (exact) mass is 234 g/mol. The molecule has 1 unspecified atom stereocenters. The summed E-state index contributed by atoms with van der Waals surface area (Å²) in [5, 5.41) is 4.02. The molecule has 12 heavy (non-hydrogen) atoms. The molecule has 1 saturated heterocycles. The third-order valence-electron chi connectivity index (χ3n) is 2.13. The van der Waals surface area contributed by atoms with Crippen molar-refractivity contribution in [2.45, 2.75) is 19.4 Å². The number of hydrogen-bond acceptors (Lipinski definition) is 2. The molecule has 0 bridgehead atoms. The molecule has 1 amide bonds. The molecule has 0 aromatic rings. The van der Waals surface area contributed by atoms with Crippen molar-refractivity contribution in [1.29, 1.82) is 0 Å². The van der Waals surface area contributed by atoms with E-state index in [1.807, 2.05) is 4.90 Å². The summed E-state index contributed by atoms with van der Waals surface area (Å²) in [5.74, 6) is 0.265. The van der Waals surface area contributed by atoms with E-state index in [2.05, 4.69) is 28.2 Å². The van der Waals surface area contributed by atoms with Crippen LogP contribution < -0.4 is 5.32 Å². The van der Waals surface area contributed by atoms with Crippen LogP contribution in [0.25, 0.3) is 0 Å². The number of nitrogens with one attached hydrogen (secondary N) is 1. The van der Waals surface area contributed by atoms with Gasteiger partial charge in [-0.15, -0.1) is 0 Å². The van der Waals surface area contributed by atoms with Gasteiger partial charge >= 0.3 is 0 Å². The molecule has 1 rings (SSSR count). The zero-order valence-electron chi connectivity index (χ0n) is 7.35. The minimum absolute atomic E-state index is 0.265. The quantitative estimate of drug-likeness (QED) is 0.710. The summed E-state index contributed by atoms with van der Waals surface area (Å²) in [4.78, 5) is 13.4. The van der Waals surface area contributed by atoms with Gasteiger partial charge in [0.2, 0.25) is 5.91 Å². The molecular weight excluding hydrogens is 220 g/mol. The van der Waals surface area contributed by atoms with Crippen LogP contribution in [-0.4, -0.2) is 41.8 Å². The topological polar surface area (TPSA) is 32.3 Å². The second-order valence-corrected chi connectivity index (χ2v) is 3.87. The smallest absolute Gasteiger partial charge is 0.223 e. The first-order valence-corrected chi connectivity index (χ1v) is 5.44. The van der Waals surface area contributed by atoms with Gasteiger partial charge in [0.15, 0.2) is 0 Å². The second-order valence-electron chi connectivity index (χ2n) is 3.08. The van der Waals surface area contributed by atoms with E-state index < -0.39 is 0 Å². The number of rotatable bonds is 2. The van der Waals surface area contributed by atoms with E-state index in [1.165, 1.54) is 0 Å². The number of hydrogen-bond donors (Lipinski definition) is 1. The van der Waals surface area contributed by atoms with Gasteiger partial charge in [-0.25, -0.2) is 0 Å². The summed E-state index contributed by atoms with van der Waals surface area (Å²) in [7, 11) is 0. The summed E-state index contributed by atoms with van der Waals surface area (Å²) in [6, 6.07) is 0.352. The van der Waals surface area contributed by atoms with Crippen molar-refractivity contribution >= 4 is 21.8 Å². The average Bonchev–Trinajstić information content (AvgIpc) is 2.05. The fourth-order valence-electron chi connectivity index (χ4n) is 1.44. The maximum absolute atomic E-state index is 11.5. The molecule has 0 radical (unpaired) electrons. The number of nitrogens with zero attached hydrogens (tertiary/aromatic N) is 1. The van der Waals surface area contributed by atoms with Gasteiger partial charge in [-0.1, -0.05) is 15.9 Å². The molecule has 1 atom stereocenters. The average molecular weight is 235 g/mol. The molecule has 1 aliphatic heterocycles. The van der Waals surface area contributed by atoms with Crippen LogP contribution in [-0.2, 0) is 4.79 Å². The third-order valence-corrected chi connectivity index (χ3v) is 2.53. The Bertz CT molecular complexity index is 163. The Kier molecular flexibility index (Phi) is 4.01. The number of amides is 1. The van der Waals surface area contributed by atoms with E-state index in [4.69, 9.17) is 0 Å². The Morgan fingerprint density at radius 1 is 1.75 bits per heavy atom. The molecule has 0 aliphatic carbocycles. The first-order valence-electron chi connectivity index (χ1n) is 4.32. The van der Waals surface area contributed by atoms with Gasteiger partial charge in [-0.2, -0.15) is 0 Å². The Balaban J connectivity index is 2.42. The number of piperazine rings is 1. The lowest BCUT2D eigenvalue weighted by Crippen LogP contribution is -2.52. The largest absolute Gasteiger partial charge is 0.337 e. The SMILES string of the molecule is CC1CNCCN1C(=O)CCBr. The van der Waals surface area contributed by atoms with Crippen molar-refractivity contribution < 1.29 is 4.79 Å². The van der Waals surface area contributed by atoms with Crippen LogP contribution in [0.15, 0.2) is 0 Å². The molecule has 0 saturated carbocycles. The Morgan fingerprint density at radius 2 is 2.50 bits per heavy atom. The second kappa shape index (κ2) is 4.82. The number of alkyl halides is 1. The van der Waals surface area contributed by atoms with Crippen molar-refractivity contribution in [3.05, 3.63) is 0 Å². The van der Waals surface area contributed by atoms with Gasteiger partial charge in [-0.3, -0.25) is 4.79 Å². The van der Waals surface area contributed by atoms with Crippen LogP contribution in [0.5, 0.6) is 0 Å². The molecule has 1 heterocycles. The lowest BCUT2D eigenvalue weighted by molar-refractivity contribution is -0.133. The van der Waals surface area contributed by atoms with E-state index in [-0.39, 0.29) is 5.91 Å². The minimum Gasteiger partial charge on any atom is -0.337 e. The number of carbonyl (C=O) groups is 1. The molecule has 1 N–H and O–H groups in total. The summed E-state index contributed by atoms with van der Waals surface area (Å²) in [6.45, 7) is 4.79. The van der Waals surface area contributed by atoms with Crippen LogP contribution >= 0.6 is 15.9 Å². The van der Waals surface area contributed by atoms with Crippen molar-refractivity contribution in [1.82, 2.24) is 10.2 Å². The van der Waals surface area contributed by atoms with Crippen molar-refractivity contribution in [2.75, 3.05) is 25.0 Å². The van der Waals surface area contributed by atoms with E-state index in [0.29, 0.717) is 12.5 Å². The van der Waals surface area contributed by atoms with E-state index >= 15 is 0 Å². The van der Waals surface area contributed by atoms with Gasteiger partial charge in [0.05, 0.1) is 0 Å². The first kappa shape index (κ1) is 9.99. The van der Waals surface area contributed by atoms with Crippen molar-refractivity contribution in [3.8, 4) is 0 Å². The summed E-state index contributed by atoms with van der Waals surface area (Å²) >= 11 is 3.27. The van der Waals surface area contributed by atoms with E-state index in [0.717, 1.165) is 25.0 Å². The highest BCUT2D eigenvalue weighted by Gasteiger charge is 2.21. The zero-order chi connectivity index (χ0) is 8.97. The van der Waals surface area contributed by atoms with Crippen LogP contribution in [0.2, 0.25) is 0 Å². The number of halogens is 1. The highest BCUT2D eigenvalue weighted by Crippen LogP contribution is 2.05. The molecule has 0 aromatic heterocycles. The molecule has 70 valence electrons. The fourth-order valence-corrected chi connectivity index (χ4v) is 1.78. The molecule has 0 aromatic carbocycles. The third kappa shape index (κ3) is 2.45. The summed E-state index contributed by atoms with van der Waals surface area (Å²) in [6.07, 6.45) is 0.615. The molecule has 1 aliphatic rings. The predicted molar refractivity (Wildman–Crippen MR) is 52.5 cm³/mol. The minimum atomic E-state index is 0.265. The Morgan fingerprint density at radius 3 is 3.08 bits per heavy atom. The Labute approximate surface area is 81.6 Å². The first-order chi connectivity index (χ1) is 5.75. The van der Waals surface area contributed by atoms with Gasteiger partial charge < -0.3 is 10.2 Å². The molecule has 4 heteroatoms. The van der Waals surface area contributed by atoms with Gasteiger partial charge in [0.25, 0.3) is 0 Å². The normalized spacial score (nSPS) is 24.2. The van der Waals surface area contributed by atoms with Crippen LogP contribution in [0.4, 0.5) is 0 Å². The van der Waals surface area contributed by atoms with Gasteiger partial charge in [-0.05, 0) is 6.92 Å². The number of carbonyl (C=O) groups excluding carboxylic acids is 1. The van der Waals surface area contributed by atoms with Crippen molar-refractivity contribution in [2.24, 2.45) is 0 Å². The van der Waals surface area contributed by atoms with Gasteiger partial charge in [0, 0.05) is 37.4 Å². The molecular formula is C8H15BrN2O. The zero-order valence-corrected chi connectivity index (χ0v) is 8.93. The van der Waals surface area contributed by atoms with Crippen molar-refractivity contribution in [3.63, 3.8) is 0 Å². The predicted octanol–water partition coefficient (Wildman–Crippen LogP) is 0.592. The van der Waals surface area contributed by atoms with E-state index in [1.54, 1.807) is 0 Å². The van der Waals surface area contributed by atoms with Crippen LogP contribution in [0, 0.1) is 0 Å². The van der Waals surface area contributed by atoms with Gasteiger partial charge in [0.1, 0.15) is 0 Å². The van der Waals surface area contributed by atoms with Crippen LogP contribution in [0.3, 0.4) is 0 Å². The molecule has 3 nitrogen and oxygen atoms in total. The molecule has 0 spiro atoms. The summed E-state index contributed by atoms with van der Waals surface area (Å²) < 4.78 is 0. The highest BCUT2D eigenvalue weighted by atomic mass is 79.9.